The predicted molar refractivity (Wildman–Crippen MR) is 72.8 cm³/mol. The average molecular weight is 271 g/mol. The summed E-state index contributed by atoms with van der Waals surface area (Å²) in [6.07, 6.45) is 0.206. The number of rotatable bonds is 8. The molecule has 0 aromatic carbocycles. The van der Waals surface area contributed by atoms with E-state index in [0.717, 1.165) is 4.88 Å². The largest absolute Gasteiger partial charge is 0.481 e. The summed E-state index contributed by atoms with van der Waals surface area (Å²) in [7, 11) is 0. The van der Waals surface area contributed by atoms with Gasteiger partial charge in [-0.05, 0) is 30.3 Å². The lowest BCUT2D eigenvalue weighted by molar-refractivity contribution is -0.137. The highest BCUT2D eigenvalue weighted by Gasteiger charge is 2.24. The number of thiophene rings is 1. The van der Waals surface area contributed by atoms with Crippen molar-refractivity contribution in [1.29, 1.82) is 0 Å². The maximum atomic E-state index is 10.4. The molecule has 2 unspecified atom stereocenters. The number of hydrogen-bond donors (Lipinski definition) is 3. The SMILES string of the molecule is CC(C)C(NCCCC(=O)O)C(O)c1cccs1. The lowest BCUT2D eigenvalue weighted by atomic mass is 9.97. The molecule has 1 aromatic rings. The number of hydrogen-bond acceptors (Lipinski definition) is 4. The summed E-state index contributed by atoms with van der Waals surface area (Å²) in [5, 5.41) is 24.1. The third-order valence-electron chi connectivity index (χ3n) is 2.84. The third kappa shape index (κ3) is 4.76. The third-order valence-corrected chi connectivity index (χ3v) is 3.78. The van der Waals surface area contributed by atoms with Crippen molar-refractivity contribution in [1.82, 2.24) is 5.32 Å². The molecule has 0 radical (unpaired) electrons. The molecular formula is C13H21NO3S. The van der Waals surface area contributed by atoms with Gasteiger partial charge in [0.1, 0.15) is 6.10 Å². The first kappa shape index (κ1) is 15.1. The summed E-state index contributed by atoms with van der Waals surface area (Å²) < 4.78 is 0. The van der Waals surface area contributed by atoms with Crippen LogP contribution in [-0.2, 0) is 4.79 Å². The van der Waals surface area contributed by atoms with E-state index in [4.69, 9.17) is 5.11 Å². The number of carboxylic acids is 1. The molecule has 0 fully saturated rings. The van der Waals surface area contributed by atoms with Crippen LogP contribution in [0, 0.1) is 5.92 Å². The predicted octanol–water partition coefficient (Wildman–Crippen LogP) is 2.26. The van der Waals surface area contributed by atoms with Crippen molar-refractivity contribution >= 4 is 17.3 Å². The second-order valence-corrected chi connectivity index (χ2v) is 5.66. The van der Waals surface area contributed by atoms with E-state index in [9.17, 15) is 9.90 Å². The van der Waals surface area contributed by atoms with Crippen molar-refractivity contribution in [2.24, 2.45) is 5.92 Å². The van der Waals surface area contributed by atoms with E-state index in [2.05, 4.69) is 5.32 Å². The first-order valence-corrected chi connectivity index (χ1v) is 7.07. The van der Waals surface area contributed by atoms with Crippen LogP contribution in [0.2, 0.25) is 0 Å². The van der Waals surface area contributed by atoms with Crippen LogP contribution in [0.5, 0.6) is 0 Å². The average Bonchev–Trinajstić information content (AvgIpc) is 2.80. The standard InChI is InChI=1S/C13H21NO3S/c1-9(2)12(14-7-3-6-11(15)16)13(17)10-5-4-8-18-10/h4-5,8-9,12-14,17H,3,6-7H2,1-2H3,(H,15,16). The van der Waals surface area contributed by atoms with Gasteiger partial charge in [-0.2, -0.15) is 0 Å². The van der Waals surface area contributed by atoms with Gasteiger partial charge in [0.05, 0.1) is 0 Å². The molecule has 1 rings (SSSR count). The second kappa shape index (κ2) is 7.51. The van der Waals surface area contributed by atoms with E-state index < -0.39 is 12.1 Å². The number of nitrogens with one attached hydrogen (secondary N) is 1. The Labute approximate surface area is 112 Å². The molecular weight excluding hydrogens is 250 g/mol. The Morgan fingerprint density at radius 2 is 2.22 bits per heavy atom. The first-order valence-electron chi connectivity index (χ1n) is 6.19. The number of aliphatic hydroxyl groups is 1. The van der Waals surface area contributed by atoms with Gasteiger partial charge in [-0.25, -0.2) is 0 Å². The zero-order valence-electron chi connectivity index (χ0n) is 10.8. The number of aliphatic hydroxyl groups excluding tert-OH is 1. The number of carboxylic acid groups (broad SMARTS) is 1. The minimum Gasteiger partial charge on any atom is -0.481 e. The molecule has 0 aliphatic heterocycles. The number of carbonyl (C=O) groups is 1. The topological polar surface area (TPSA) is 69.6 Å². The van der Waals surface area contributed by atoms with Crippen LogP contribution in [-0.4, -0.2) is 28.8 Å². The Hall–Kier alpha value is -0.910. The molecule has 0 spiro atoms. The second-order valence-electron chi connectivity index (χ2n) is 4.68. The molecule has 3 N–H and O–H groups in total. The molecule has 2 atom stereocenters. The van der Waals surface area contributed by atoms with Crippen LogP contribution in [0.25, 0.3) is 0 Å². The zero-order valence-corrected chi connectivity index (χ0v) is 11.6. The van der Waals surface area contributed by atoms with Crippen molar-refractivity contribution < 1.29 is 15.0 Å². The minimum atomic E-state index is -0.781. The highest BCUT2D eigenvalue weighted by molar-refractivity contribution is 7.10. The fraction of sp³-hybridized carbons (Fsp3) is 0.615. The monoisotopic (exact) mass is 271 g/mol. The normalized spacial score (nSPS) is 14.7. The van der Waals surface area contributed by atoms with E-state index in [1.54, 1.807) is 0 Å². The van der Waals surface area contributed by atoms with Crippen LogP contribution < -0.4 is 5.32 Å². The van der Waals surface area contributed by atoms with Crippen molar-refractivity contribution in [2.75, 3.05) is 6.54 Å². The highest BCUT2D eigenvalue weighted by atomic mass is 32.1. The van der Waals surface area contributed by atoms with Gasteiger partial charge in [0, 0.05) is 17.3 Å². The van der Waals surface area contributed by atoms with E-state index in [0.29, 0.717) is 13.0 Å². The Balaban J connectivity index is 2.47. The van der Waals surface area contributed by atoms with Gasteiger partial charge in [0.2, 0.25) is 0 Å². The summed E-state index contributed by atoms with van der Waals surface area (Å²) in [5.74, 6) is -0.497. The maximum Gasteiger partial charge on any atom is 0.303 e. The Morgan fingerprint density at radius 1 is 1.50 bits per heavy atom. The molecule has 0 saturated heterocycles. The molecule has 0 saturated carbocycles. The molecule has 0 aliphatic rings. The van der Waals surface area contributed by atoms with Crippen LogP contribution in [0.4, 0.5) is 0 Å². The van der Waals surface area contributed by atoms with Gasteiger partial charge in [-0.15, -0.1) is 11.3 Å². The molecule has 0 bridgehead atoms. The Kier molecular flexibility index (Phi) is 6.32. The minimum absolute atomic E-state index is 0.0440. The van der Waals surface area contributed by atoms with E-state index in [-0.39, 0.29) is 18.4 Å². The fourth-order valence-corrected chi connectivity index (χ4v) is 2.61. The smallest absolute Gasteiger partial charge is 0.303 e. The van der Waals surface area contributed by atoms with Gasteiger partial charge >= 0.3 is 5.97 Å². The first-order chi connectivity index (χ1) is 8.52. The van der Waals surface area contributed by atoms with E-state index >= 15 is 0 Å². The van der Waals surface area contributed by atoms with Crippen LogP contribution in [0.3, 0.4) is 0 Å². The highest BCUT2D eigenvalue weighted by Crippen LogP contribution is 2.25. The van der Waals surface area contributed by atoms with E-state index in [1.165, 1.54) is 11.3 Å². The van der Waals surface area contributed by atoms with Crippen LogP contribution in [0.15, 0.2) is 17.5 Å². The summed E-state index contributed by atoms with van der Waals surface area (Å²) in [5.41, 5.74) is 0. The quantitative estimate of drug-likeness (QED) is 0.634. The summed E-state index contributed by atoms with van der Waals surface area (Å²) in [4.78, 5) is 11.4. The molecule has 4 nitrogen and oxygen atoms in total. The lowest BCUT2D eigenvalue weighted by Gasteiger charge is -2.27. The van der Waals surface area contributed by atoms with Crippen molar-refractivity contribution in [3.63, 3.8) is 0 Å². The summed E-state index contributed by atoms with van der Waals surface area (Å²) in [6, 6.07) is 3.80. The van der Waals surface area contributed by atoms with Crippen LogP contribution in [0.1, 0.15) is 37.7 Å². The molecule has 0 amide bonds. The summed E-state index contributed by atoms with van der Waals surface area (Å²) in [6.45, 7) is 4.70. The van der Waals surface area contributed by atoms with Gasteiger partial charge in [0.25, 0.3) is 0 Å². The van der Waals surface area contributed by atoms with Gasteiger partial charge < -0.3 is 15.5 Å². The maximum absolute atomic E-state index is 10.4. The van der Waals surface area contributed by atoms with E-state index in [1.807, 2.05) is 31.4 Å². The molecule has 1 aromatic heterocycles. The zero-order chi connectivity index (χ0) is 13.5. The molecule has 1 heterocycles. The van der Waals surface area contributed by atoms with Crippen molar-refractivity contribution in [2.45, 2.75) is 38.8 Å². The van der Waals surface area contributed by atoms with Crippen molar-refractivity contribution in [3.05, 3.63) is 22.4 Å². The van der Waals surface area contributed by atoms with Gasteiger partial charge in [0.15, 0.2) is 0 Å². The molecule has 0 aliphatic carbocycles. The Bertz CT molecular complexity index is 351. The van der Waals surface area contributed by atoms with Gasteiger partial charge in [-0.1, -0.05) is 19.9 Å². The summed E-state index contributed by atoms with van der Waals surface area (Å²) >= 11 is 1.54. The van der Waals surface area contributed by atoms with Crippen LogP contribution >= 0.6 is 11.3 Å². The Morgan fingerprint density at radius 3 is 2.72 bits per heavy atom. The van der Waals surface area contributed by atoms with Gasteiger partial charge in [-0.3, -0.25) is 4.79 Å². The number of aliphatic carboxylic acids is 1. The molecule has 18 heavy (non-hydrogen) atoms. The molecule has 5 heteroatoms. The lowest BCUT2D eigenvalue weighted by Crippen LogP contribution is -2.39. The van der Waals surface area contributed by atoms with Crippen molar-refractivity contribution in [3.8, 4) is 0 Å². The molecule has 102 valence electrons. The fourth-order valence-electron chi connectivity index (χ4n) is 1.86.